The Kier molecular flexibility index (Phi) is 2.77. The number of aryl methyl sites for hydroxylation is 1. The van der Waals surface area contributed by atoms with Crippen LogP contribution in [-0.2, 0) is 0 Å². The molecule has 2 aliphatic rings. The lowest BCUT2D eigenvalue weighted by Gasteiger charge is -2.44. The van der Waals surface area contributed by atoms with Gasteiger partial charge in [-0.1, -0.05) is 0 Å². The highest BCUT2D eigenvalue weighted by atomic mass is 16.3. The predicted octanol–water partition coefficient (Wildman–Crippen LogP) is 1.58. The second-order valence-electron chi connectivity index (χ2n) is 6.03. The molecule has 2 fully saturated rings. The van der Waals surface area contributed by atoms with Gasteiger partial charge in [0.25, 0.3) is 0 Å². The van der Waals surface area contributed by atoms with Crippen molar-refractivity contribution < 1.29 is 9.52 Å². The fourth-order valence-corrected chi connectivity index (χ4v) is 3.67. The van der Waals surface area contributed by atoms with Gasteiger partial charge in [0.2, 0.25) is 0 Å². The summed E-state index contributed by atoms with van der Waals surface area (Å²) in [5.74, 6) is 0.847. The zero-order valence-electron chi connectivity index (χ0n) is 11.1. The first-order valence-electron chi connectivity index (χ1n) is 6.74. The molecule has 4 heteroatoms. The van der Waals surface area contributed by atoms with Crippen molar-refractivity contribution in [3.63, 3.8) is 0 Å². The van der Waals surface area contributed by atoms with Crippen molar-refractivity contribution in [2.75, 3.05) is 7.05 Å². The molecule has 3 unspecified atom stereocenters. The van der Waals surface area contributed by atoms with Crippen LogP contribution in [0.15, 0.2) is 16.7 Å². The van der Waals surface area contributed by atoms with E-state index in [0.29, 0.717) is 12.1 Å². The molecule has 0 spiro atoms. The largest absolute Gasteiger partial charge is 0.469 e. The van der Waals surface area contributed by atoms with Gasteiger partial charge in [-0.2, -0.15) is 0 Å². The van der Waals surface area contributed by atoms with E-state index in [0.717, 1.165) is 24.2 Å². The molecule has 2 aliphatic heterocycles. The highest BCUT2D eigenvalue weighted by Crippen LogP contribution is 2.44. The molecule has 4 nitrogen and oxygen atoms in total. The SMILES string of the molecule is Cc1cc(C(N)C2(O)CC3CCC(C2)N3C)co1. The molecule has 0 saturated carbocycles. The van der Waals surface area contributed by atoms with E-state index in [4.69, 9.17) is 10.2 Å². The Morgan fingerprint density at radius 2 is 2.06 bits per heavy atom. The van der Waals surface area contributed by atoms with Crippen molar-refractivity contribution in [1.82, 2.24) is 4.90 Å². The molecular formula is C14H22N2O2. The Hall–Kier alpha value is -0.840. The van der Waals surface area contributed by atoms with Crippen molar-refractivity contribution >= 4 is 0 Å². The van der Waals surface area contributed by atoms with Crippen molar-refractivity contribution in [3.05, 3.63) is 23.7 Å². The van der Waals surface area contributed by atoms with Crippen LogP contribution in [-0.4, -0.2) is 34.7 Å². The minimum absolute atomic E-state index is 0.341. The Morgan fingerprint density at radius 3 is 2.56 bits per heavy atom. The average Bonchev–Trinajstić information content (AvgIpc) is 2.82. The maximum absolute atomic E-state index is 10.9. The van der Waals surface area contributed by atoms with Gasteiger partial charge in [0.1, 0.15) is 5.76 Å². The molecule has 2 bridgehead atoms. The van der Waals surface area contributed by atoms with Gasteiger partial charge in [-0.05, 0) is 45.7 Å². The second kappa shape index (κ2) is 4.08. The van der Waals surface area contributed by atoms with Crippen LogP contribution in [0.3, 0.4) is 0 Å². The quantitative estimate of drug-likeness (QED) is 0.836. The summed E-state index contributed by atoms with van der Waals surface area (Å²) < 4.78 is 5.31. The molecule has 3 atom stereocenters. The summed E-state index contributed by atoms with van der Waals surface area (Å²) in [6.07, 6.45) is 5.58. The van der Waals surface area contributed by atoms with Crippen LogP contribution < -0.4 is 5.73 Å². The molecule has 18 heavy (non-hydrogen) atoms. The zero-order valence-corrected chi connectivity index (χ0v) is 11.1. The van der Waals surface area contributed by atoms with Crippen LogP contribution in [0.25, 0.3) is 0 Å². The van der Waals surface area contributed by atoms with E-state index < -0.39 is 5.60 Å². The lowest BCUT2D eigenvalue weighted by Crippen LogP contribution is -2.54. The summed E-state index contributed by atoms with van der Waals surface area (Å²) in [7, 11) is 2.16. The topological polar surface area (TPSA) is 62.6 Å². The first-order chi connectivity index (χ1) is 8.49. The van der Waals surface area contributed by atoms with E-state index in [1.807, 2.05) is 13.0 Å². The molecule has 1 aromatic heterocycles. The number of rotatable bonds is 2. The van der Waals surface area contributed by atoms with Gasteiger partial charge in [0.05, 0.1) is 17.9 Å². The summed E-state index contributed by atoms with van der Waals surface area (Å²) in [5, 5.41) is 10.9. The summed E-state index contributed by atoms with van der Waals surface area (Å²) in [5.41, 5.74) is 6.42. The normalized spacial score (nSPS) is 38.0. The molecule has 2 saturated heterocycles. The van der Waals surface area contributed by atoms with Gasteiger partial charge in [-0.3, -0.25) is 0 Å². The third kappa shape index (κ3) is 1.79. The third-order valence-corrected chi connectivity index (χ3v) is 4.85. The Bertz CT molecular complexity index is 429. The Labute approximate surface area is 108 Å². The van der Waals surface area contributed by atoms with E-state index >= 15 is 0 Å². The number of hydrogen-bond acceptors (Lipinski definition) is 4. The van der Waals surface area contributed by atoms with Crippen molar-refractivity contribution in [2.45, 2.75) is 56.3 Å². The number of nitrogens with zero attached hydrogens (tertiary/aromatic N) is 1. The molecule has 0 amide bonds. The molecule has 3 rings (SSSR count). The van der Waals surface area contributed by atoms with Gasteiger partial charge in [0, 0.05) is 17.6 Å². The highest BCUT2D eigenvalue weighted by molar-refractivity contribution is 5.21. The van der Waals surface area contributed by atoms with Crippen LogP contribution >= 0.6 is 0 Å². The lowest BCUT2D eigenvalue weighted by atomic mass is 9.78. The lowest BCUT2D eigenvalue weighted by molar-refractivity contribution is -0.0630. The zero-order chi connectivity index (χ0) is 12.9. The summed E-state index contributed by atoms with van der Waals surface area (Å²) in [4.78, 5) is 2.40. The second-order valence-corrected chi connectivity index (χ2v) is 6.03. The highest BCUT2D eigenvalue weighted by Gasteiger charge is 2.49. The van der Waals surface area contributed by atoms with Crippen LogP contribution in [0, 0.1) is 6.92 Å². The van der Waals surface area contributed by atoms with Gasteiger partial charge >= 0.3 is 0 Å². The van der Waals surface area contributed by atoms with Gasteiger partial charge < -0.3 is 20.2 Å². The van der Waals surface area contributed by atoms with Gasteiger partial charge in [0.15, 0.2) is 0 Å². The molecule has 3 heterocycles. The monoisotopic (exact) mass is 250 g/mol. The first-order valence-corrected chi connectivity index (χ1v) is 6.74. The summed E-state index contributed by atoms with van der Waals surface area (Å²) in [6, 6.07) is 2.55. The minimum atomic E-state index is -0.783. The number of fused-ring (bicyclic) bond motifs is 2. The third-order valence-electron chi connectivity index (χ3n) is 4.85. The maximum atomic E-state index is 10.9. The fourth-order valence-electron chi connectivity index (χ4n) is 3.67. The Balaban J connectivity index is 1.83. The van der Waals surface area contributed by atoms with Crippen LogP contribution in [0.5, 0.6) is 0 Å². The van der Waals surface area contributed by atoms with Gasteiger partial charge in [-0.25, -0.2) is 0 Å². The van der Waals surface area contributed by atoms with E-state index in [9.17, 15) is 5.11 Å². The molecule has 0 radical (unpaired) electrons. The predicted molar refractivity (Wildman–Crippen MR) is 69.1 cm³/mol. The van der Waals surface area contributed by atoms with Crippen LogP contribution in [0.1, 0.15) is 43.0 Å². The van der Waals surface area contributed by atoms with E-state index in [-0.39, 0.29) is 6.04 Å². The smallest absolute Gasteiger partial charge is 0.101 e. The Morgan fingerprint density at radius 1 is 1.44 bits per heavy atom. The van der Waals surface area contributed by atoms with Gasteiger partial charge in [-0.15, -0.1) is 0 Å². The van der Waals surface area contributed by atoms with Crippen molar-refractivity contribution in [1.29, 1.82) is 0 Å². The van der Waals surface area contributed by atoms with Crippen LogP contribution in [0.4, 0.5) is 0 Å². The first kappa shape index (κ1) is 12.2. The van der Waals surface area contributed by atoms with E-state index in [1.165, 1.54) is 12.8 Å². The standard InChI is InChI=1S/C14H22N2O2/c1-9-5-10(8-18-9)13(15)14(17)6-11-3-4-12(7-14)16(11)2/h5,8,11-13,17H,3-4,6-7,15H2,1-2H3. The number of hydrogen-bond donors (Lipinski definition) is 2. The average molecular weight is 250 g/mol. The molecular weight excluding hydrogens is 228 g/mol. The molecule has 0 aliphatic carbocycles. The number of furan rings is 1. The number of piperidine rings is 1. The van der Waals surface area contributed by atoms with Crippen LogP contribution in [0.2, 0.25) is 0 Å². The fraction of sp³-hybridized carbons (Fsp3) is 0.714. The molecule has 100 valence electrons. The van der Waals surface area contributed by atoms with E-state index in [2.05, 4.69) is 11.9 Å². The minimum Gasteiger partial charge on any atom is -0.469 e. The van der Waals surface area contributed by atoms with E-state index in [1.54, 1.807) is 6.26 Å². The molecule has 1 aromatic rings. The summed E-state index contributed by atoms with van der Waals surface area (Å²) >= 11 is 0. The maximum Gasteiger partial charge on any atom is 0.101 e. The van der Waals surface area contributed by atoms with Crippen molar-refractivity contribution in [2.24, 2.45) is 5.73 Å². The number of aliphatic hydroxyl groups is 1. The number of nitrogens with two attached hydrogens (primary N) is 1. The van der Waals surface area contributed by atoms with Crippen molar-refractivity contribution in [3.8, 4) is 0 Å². The molecule has 0 aromatic carbocycles. The molecule has 3 N–H and O–H groups in total. The summed E-state index contributed by atoms with van der Waals surface area (Å²) in [6.45, 7) is 1.90.